The predicted molar refractivity (Wildman–Crippen MR) is 62.8 cm³/mol. The molecule has 0 aliphatic rings. The van der Waals surface area contributed by atoms with E-state index in [4.69, 9.17) is 9.15 Å². The lowest BCUT2D eigenvalue weighted by atomic mass is 10.3. The summed E-state index contributed by atoms with van der Waals surface area (Å²) in [5.41, 5.74) is 0.605. The molecule has 1 aromatic rings. The van der Waals surface area contributed by atoms with E-state index in [-0.39, 0.29) is 11.7 Å². The van der Waals surface area contributed by atoms with Gasteiger partial charge in [-0.1, -0.05) is 15.9 Å². The minimum Gasteiger partial charge on any atom is -0.438 e. The van der Waals surface area contributed by atoms with E-state index >= 15 is 0 Å². The van der Waals surface area contributed by atoms with Gasteiger partial charge in [0.25, 0.3) is 5.91 Å². The summed E-state index contributed by atoms with van der Waals surface area (Å²) in [6.07, 6.45) is 2.05. The highest BCUT2D eigenvalue weighted by Gasteiger charge is 2.12. The highest BCUT2D eigenvalue weighted by Crippen LogP contribution is 2.03. The molecule has 0 aliphatic carbocycles. The van der Waals surface area contributed by atoms with Crippen LogP contribution in [0.15, 0.2) is 10.8 Å². The Morgan fingerprint density at radius 3 is 3.06 bits per heavy atom. The van der Waals surface area contributed by atoms with E-state index in [1.54, 1.807) is 6.92 Å². The van der Waals surface area contributed by atoms with Crippen LogP contribution in [0.5, 0.6) is 0 Å². The summed E-state index contributed by atoms with van der Waals surface area (Å²) < 4.78 is 10.2. The molecule has 0 spiro atoms. The van der Waals surface area contributed by atoms with Gasteiger partial charge in [0.15, 0.2) is 6.39 Å². The average Bonchev–Trinajstić information content (AvgIpc) is 2.69. The Kier molecular flexibility index (Phi) is 6.10. The van der Waals surface area contributed by atoms with Crippen molar-refractivity contribution < 1.29 is 13.9 Å². The van der Waals surface area contributed by atoms with Gasteiger partial charge in [0.1, 0.15) is 0 Å². The fourth-order valence-electron chi connectivity index (χ4n) is 1.13. The molecule has 0 unspecified atom stereocenters. The Labute approximate surface area is 103 Å². The van der Waals surface area contributed by atoms with Crippen molar-refractivity contribution in [3.05, 3.63) is 17.8 Å². The SMILES string of the molecule is Cc1ncoc1C(=O)NCCCOCCBr. The summed E-state index contributed by atoms with van der Waals surface area (Å²) in [4.78, 5) is 15.4. The number of aryl methyl sites for hydroxylation is 1. The third-order valence-electron chi connectivity index (χ3n) is 1.92. The number of ether oxygens (including phenoxy) is 1. The minimum atomic E-state index is -0.226. The molecular weight excluding hydrogens is 276 g/mol. The van der Waals surface area contributed by atoms with Crippen molar-refractivity contribution in [3.8, 4) is 0 Å². The molecule has 0 saturated heterocycles. The quantitative estimate of drug-likeness (QED) is 0.611. The van der Waals surface area contributed by atoms with Crippen LogP contribution in [0.3, 0.4) is 0 Å². The molecule has 1 heterocycles. The molecule has 16 heavy (non-hydrogen) atoms. The van der Waals surface area contributed by atoms with Gasteiger partial charge in [-0.05, 0) is 13.3 Å². The highest BCUT2D eigenvalue weighted by atomic mass is 79.9. The molecule has 0 radical (unpaired) electrons. The maximum atomic E-state index is 11.5. The van der Waals surface area contributed by atoms with Gasteiger partial charge in [-0.3, -0.25) is 4.79 Å². The Hall–Kier alpha value is -0.880. The van der Waals surface area contributed by atoms with Gasteiger partial charge in [-0.25, -0.2) is 4.98 Å². The van der Waals surface area contributed by atoms with E-state index in [2.05, 4.69) is 26.2 Å². The van der Waals surface area contributed by atoms with Gasteiger partial charge < -0.3 is 14.5 Å². The van der Waals surface area contributed by atoms with E-state index < -0.39 is 0 Å². The van der Waals surface area contributed by atoms with Gasteiger partial charge in [-0.15, -0.1) is 0 Å². The number of nitrogens with zero attached hydrogens (tertiary/aromatic N) is 1. The zero-order valence-corrected chi connectivity index (χ0v) is 10.7. The fraction of sp³-hybridized carbons (Fsp3) is 0.600. The van der Waals surface area contributed by atoms with Crippen LogP contribution in [0.1, 0.15) is 22.7 Å². The summed E-state index contributed by atoms with van der Waals surface area (Å²) in [5, 5.41) is 3.57. The topological polar surface area (TPSA) is 64.4 Å². The smallest absolute Gasteiger partial charge is 0.288 e. The predicted octanol–water partition coefficient (Wildman–Crippen LogP) is 1.51. The van der Waals surface area contributed by atoms with Gasteiger partial charge in [-0.2, -0.15) is 0 Å². The first-order valence-corrected chi connectivity index (χ1v) is 6.20. The summed E-state index contributed by atoms with van der Waals surface area (Å²) >= 11 is 3.26. The lowest BCUT2D eigenvalue weighted by Crippen LogP contribution is -2.25. The van der Waals surface area contributed by atoms with E-state index in [9.17, 15) is 4.79 Å². The number of rotatable bonds is 7. The summed E-state index contributed by atoms with van der Waals surface area (Å²) in [7, 11) is 0. The van der Waals surface area contributed by atoms with Crippen molar-refractivity contribution in [1.82, 2.24) is 10.3 Å². The molecule has 1 aromatic heterocycles. The number of amides is 1. The molecule has 6 heteroatoms. The summed E-state index contributed by atoms with van der Waals surface area (Å²) in [6.45, 7) is 3.63. The van der Waals surface area contributed by atoms with Crippen molar-refractivity contribution in [2.45, 2.75) is 13.3 Å². The molecule has 90 valence electrons. The molecule has 1 rings (SSSR count). The van der Waals surface area contributed by atoms with E-state index in [1.807, 2.05) is 0 Å². The number of carbonyl (C=O) groups excluding carboxylic acids is 1. The first-order valence-electron chi connectivity index (χ1n) is 5.07. The van der Waals surface area contributed by atoms with E-state index in [1.165, 1.54) is 6.39 Å². The molecule has 1 N–H and O–H groups in total. The number of carbonyl (C=O) groups is 1. The second kappa shape index (κ2) is 7.40. The van der Waals surface area contributed by atoms with Crippen LogP contribution >= 0.6 is 15.9 Å². The molecule has 0 aliphatic heterocycles. The first-order chi connectivity index (χ1) is 7.75. The monoisotopic (exact) mass is 290 g/mol. The molecule has 0 saturated carbocycles. The molecule has 5 nitrogen and oxygen atoms in total. The average molecular weight is 291 g/mol. The lowest BCUT2D eigenvalue weighted by Gasteiger charge is -2.03. The molecule has 1 amide bonds. The maximum absolute atomic E-state index is 11.5. The number of hydrogen-bond acceptors (Lipinski definition) is 4. The zero-order valence-electron chi connectivity index (χ0n) is 9.16. The summed E-state index contributed by atoms with van der Waals surface area (Å²) in [5.74, 6) is 0.0527. The van der Waals surface area contributed by atoms with Crippen LogP contribution in [0, 0.1) is 6.92 Å². The lowest BCUT2D eigenvalue weighted by molar-refractivity contribution is 0.0916. The molecule has 0 atom stereocenters. The minimum absolute atomic E-state index is 0.226. The third kappa shape index (κ3) is 4.32. The van der Waals surface area contributed by atoms with E-state index in [0.29, 0.717) is 25.5 Å². The third-order valence-corrected chi connectivity index (χ3v) is 2.25. The number of aromatic nitrogens is 1. The van der Waals surface area contributed by atoms with Crippen molar-refractivity contribution >= 4 is 21.8 Å². The maximum Gasteiger partial charge on any atom is 0.288 e. The van der Waals surface area contributed by atoms with Crippen LogP contribution in [-0.2, 0) is 4.74 Å². The van der Waals surface area contributed by atoms with Crippen molar-refractivity contribution in [3.63, 3.8) is 0 Å². The Morgan fingerprint density at radius 1 is 1.62 bits per heavy atom. The van der Waals surface area contributed by atoms with Gasteiger partial charge in [0, 0.05) is 18.5 Å². The zero-order chi connectivity index (χ0) is 11.8. The first kappa shape index (κ1) is 13.2. The Bertz CT molecular complexity index is 328. The Morgan fingerprint density at radius 2 is 2.44 bits per heavy atom. The van der Waals surface area contributed by atoms with Gasteiger partial charge >= 0.3 is 0 Å². The second-order valence-electron chi connectivity index (χ2n) is 3.18. The number of oxazole rings is 1. The molecule has 0 fully saturated rings. The van der Waals surface area contributed by atoms with Gasteiger partial charge in [0.2, 0.25) is 5.76 Å². The second-order valence-corrected chi connectivity index (χ2v) is 3.97. The Balaban J connectivity index is 2.14. The molecular formula is C10H15BrN2O3. The normalized spacial score (nSPS) is 10.4. The van der Waals surface area contributed by atoms with Crippen LogP contribution < -0.4 is 5.32 Å². The highest BCUT2D eigenvalue weighted by molar-refractivity contribution is 9.09. The van der Waals surface area contributed by atoms with Crippen molar-refractivity contribution in [2.24, 2.45) is 0 Å². The standard InChI is InChI=1S/C10H15BrN2O3/c1-8-9(16-7-13-8)10(14)12-4-2-5-15-6-3-11/h7H,2-6H2,1H3,(H,12,14). The van der Waals surface area contributed by atoms with Crippen LogP contribution in [0.4, 0.5) is 0 Å². The van der Waals surface area contributed by atoms with Crippen LogP contribution in [0.25, 0.3) is 0 Å². The van der Waals surface area contributed by atoms with Crippen LogP contribution in [0.2, 0.25) is 0 Å². The number of alkyl halides is 1. The van der Waals surface area contributed by atoms with Crippen molar-refractivity contribution in [2.75, 3.05) is 25.1 Å². The van der Waals surface area contributed by atoms with E-state index in [0.717, 1.165) is 11.8 Å². The summed E-state index contributed by atoms with van der Waals surface area (Å²) in [6, 6.07) is 0. The van der Waals surface area contributed by atoms with Crippen molar-refractivity contribution in [1.29, 1.82) is 0 Å². The number of halogens is 1. The number of hydrogen-bond donors (Lipinski definition) is 1. The molecule has 0 bridgehead atoms. The number of nitrogens with one attached hydrogen (secondary N) is 1. The fourth-order valence-corrected chi connectivity index (χ4v) is 1.36. The van der Waals surface area contributed by atoms with Crippen LogP contribution in [-0.4, -0.2) is 36.0 Å². The molecule has 0 aromatic carbocycles. The van der Waals surface area contributed by atoms with Gasteiger partial charge in [0.05, 0.1) is 12.3 Å². The largest absolute Gasteiger partial charge is 0.438 e.